The molecule has 0 bridgehead atoms. The van der Waals surface area contributed by atoms with Gasteiger partial charge in [0.1, 0.15) is 0 Å². The van der Waals surface area contributed by atoms with Crippen LogP contribution in [0.15, 0.2) is 47.6 Å². The molecule has 0 saturated heterocycles. The van der Waals surface area contributed by atoms with Crippen molar-refractivity contribution in [2.75, 3.05) is 38.4 Å². The van der Waals surface area contributed by atoms with Gasteiger partial charge in [0.05, 0.1) is 51.8 Å². The van der Waals surface area contributed by atoms with E-state index in [9.17, 15) is 4.79 Å². The molecule has 4 rings (SSSR count). The average Bonchev–Trinajstić information content (AvgIpc) is 3.09. The van der Waals surface area contributed by atoms with Gasteiger partial charge >= 0.3 is 0 Å². The quantitative estimate of drug-likeness (QED) is 0.660. The third-order valence-electron chi connectivity index (χ3n) is 4.93. The van der Waals surface area contributed by atoms with Gasteiger partial charge in [0.25, 0.3) is 0 Å². The van der Waals surface area contributed by atoms with Crippen LogP contribution in [0.4, 0.5) is 17.1 Å². The summed E-state index contributed by atoms with van der Waals surface area (Å²) in [4.78, 5) is 21.4. The number of rotatable bonds is 5. The van der Waals surface area contributed by atoms with Crippen LogP contribution in [-0.2, 0) is 11.3 Å². The number of halogens is 1. The van der Waals surface area contributed by atoms with E-state index in [4.69, 9.17) is 16.6 Å². The molecule has 0 fully saturated rings. The van der Waals surface area contributed by atoms with Gasteiger partial charge in [0.15, 0.2) is 0 Å². The normalized spacial score (nSPS) is 13.5. The largest absolute Gasteiger partial charge is 0.376 e. The number of hydrogen-bond acceptors (Lipinski definition) is 6. The Morgan fingerprint density at radius 3 is 2.71 bits per heavy atom. The van der Waals surface area contributed by atoms with Crippen molar-refractivity contribution in [1.29, 1.82) is 0 Å². The second-order valence-electron chi connectivity index (χ2n) is 7.92. The number of aliphatic imine (C=N–C) groups is 1. The van der Waals surface area contributed by atoms with Crippen molar-refractivity contribution < 1.29 is 4.79 Å². The Hall–Kier alpha value is -3.23. The SMILES string of the molecule is CN(C)Cc1cnnn1-c1cccc(C2=Nc3cc(N(C)C)c(Cl)cc3NC(=O)C2)c1. The number of hydrogen-bond donors (Lipinski definition) is 1. The zero-order valence-electron chi connectivity index (χ0n) is 17.9. The number of benzene rings is 2. The highest BCUT2D eigenvalue weighted by molar-refractivity contribution is 6.34. The molecule has 1 amide bonds. The fourth-order valence-corrected chi connectivity index (χ4v) is 3.84. The van der Waals surface area contributed by atoms with Gasteiger partial charge in [-0.2, -0.15) is 0 Å². The van der Waals surface area contributed by atoms with Gasteiger partial charge in [-0.15, -0.1) is 5.10 Å². The molecular formula is C22H24ClN7O. The van der Waals surface area contributed by atoms with E-state index in [0.29, 0.717) is 28.7 Å². The number of nitrogens with zero attached hydrogens (tertiary/aromatic N) is 6. The Kier molecular flexibility index (Phi) is 5.75. The Morgan fingerprint density at radius 1 is 1.16 bits per heavy atom. The lowest BCUT2D eigenvalue weighted by molar-refractivity contribution is -0.115. The maximum absolute atomic E-state index is 12.6. The highest BCUT2D eigenvalue weighted by atomic mass is 35.5. The molecule has 1 aromatic heterocycles. The average molecular weight is 438 g/mol. The van der Waals surface area contributed by atoms with E-state index in [0.717, 1.165) is 22.6 Å². The van der Waals surface area contributed by atoms with Gasteiger partial charge in [-0.05, 0) is 43.9 Å². The van der Waals surface area contributed by atoms with Crippen LogP contribution in [0, 0.1) is 0 Å². The van der Waals surface area contributed by atoms with Gasteiger partial charge in [-0.3, -0.25) is 9.79 Å². The van der Waals surface area contributed by atoms with Gasteiger partial charge in [0.2, 0.25) is 5.91 Å². The summed E-state index contributed by atoms with van der Waals surface area (Å²) >= 11 is 6.38. The van der Waals surface area contributed by atoms with E-state index in [-0.39, 0.29) is 12.3 Å². The second-order valence-corrected chi connectivity index (χ2v) is 8.33. The maximum atomic E-state index is 12.6. The molecule has 1 aliphatic heterocycles. The molecule has 2 aromatic carbocycles. The first kappa shape index (κ1) is 21.0. The van der Waals surface area contributed by atoms with Gasteiger partial charge < -0.3 is 15.1 Å². The molecule has 0 atom stereocenters. The maximum Gasteiger partial charge on any atom is 0.230 e. The predicted molar refractivity (Wildman–Crippen MR) is 124 cm³/mol. The number of carbonyl (C=O) groups excluding carboxylic acids is 1. The fraction of sp³-hybridized carbons (Fsp3) is 0.273. The zero-order chi connectivity index (χ0) is 22.1. The van der Waals surface area contributed by atoms with Gasteiger partial charge in [-0.25, -0.2) is 4.68 Å². The van der Waals surface area contributed by atoms with Crippen LogP contribution < -0.4 is 10.2 Å². The van der Waals surface area contributed by atoms with Crippen molar-refractivity contribution in [3.63, 3.8) is 0 Å². The molecule has 9 heteroatoms. The fourth-order valence-electron chi connectivity index (χ4n) is 3.51. The van der Waals surface area contributed by atoms with E-state index in [1.807, 2.05) is 63.4 Å². The highest BCUT2D eigenvalue weighted by Gasteiger charge is 2.20. The Labute approximate surface area is 186 Å². The van der Waals surface area contributed by atoms with Crippen LogP contribution in [0.2, 0.25) is 5.02 Å². The number of carbonyl (C=O) groups is 1. The minimum Gasteiger partial charge on any atom is -0.376 e. The lowest BCUT2D eigenvalue weighted by Gasteiger charge is -2.16. The number of nitrogens with one attached hydrogen (secondary N) is 1. The second kappa shape index (κ2) is 8.49. The van der Waals surface area contributed by atoms with Crippen LogP contribution in [0.1, 0.15) is 17.7 Å². The summed E-state index contributed by atoms with van der Waals surface area (Å²) in [6.07, 6.45) is 1.92. The molecule has 8 nitrogen and oxygen atoms in total. The molecule has 1 N–H and O–H groups in total. The van der Waals surface area contributed by atoms with E-state index in [1.165, 1.54) is 0 Å². The van der Waals surface area contributed by atoms with Crippen LogP contribution >= 0.6 is 11.6 Å². The first-order valence-electron chi connectivity index (χ1n) is 9.85. The Morgan fingerprint density at radius 2 is 1.97 bits per heavy atom. The monoisotopic (exact) mass is 437 g/mol. The third kappa shape index (κ3) is 4.45. The molecular weight excluding hydrogens is 414 g/mol. The first-order chi connectivity index (χ1) is 14.8. The third-order valence-corrected chi connectivity index (χ3v) is 5.23. The molecule has 31 heavy (non-hydrogen) atoms. The van der Waals surface area contributed by atoms with Crippen LogP contribution in [-0.4, -0.2) is 59.7 Å². The number of anilines is 2. The molecule has 0 unspecified atom stereocenters. The number of fused-ring (bicyclic) bond motifs is 1. The zero-order valence-corrected chi connectivity index (χ0v) is 18.7. The lowest BCUT2D eigenvalue weighted by Crippen LogP contribution is -2.16. The minimum absolute atomic E-state index is 0.134. The smallest absolute Gasteiger partial charge is 0.230 e. The molecule has 0 radical (unpaired) electrons. The van der Waals surface area contributed by atoms with E-state index in [1.54, 1.807) is 16.9 Å². The minimum atomic E-state index is -0.134. The molecule has 160 valence electrons. The Balaban J connectivity index is 1.77. The van der Waals surface area contributed by atoms with Crippen LogP contribution in [0.3, 0.4) is 0 Å². The van der Waals surface area contributed by atoms with E-state index >= 15 is 0 Å². The van der Waals surface area contributed by atoms with Crippen molar-refractivity contribution in [3.8, 4) is 5.69 Å². The summed E-state index contributed by atoms with van der Waals surface area (Å²) in [5.74, 6) is -0.134. The lowest BCUT2D eigenvalue weighted by atomic mass is 10.1. The van der Waals surface area contributed by atoms with Crippen molar-refractivity contribution in [2.45, 2.75) is 13.0 Å². The first-order valence-corrected chi connectivity index (χ1v) is 10.2. The molecule has 3 aromatic rings. The van der Waals surface area contributed by atoms with Gasteiger partial charge in [0, 0.05) is 20.6 Å². The summed E-state index contributed by atoms with van der Waals surface area (Å²) in [6, 6.07) is 11.5. The van der Waals surface area contributed by atoms with Crippen molar-refractivity contribution >= 4 is 40.3 Å². The molecule has 0 aliphatic carbocycles. The molecule has 1 aliphatic rings. The van der Waals surface area contributed by atoms with Crippen LogP contribution in [0.5, 0.6) is 0 Å². The van der Waals surface area contributed by atoms with E-state index in [2.05, 4.69) is 20.5 Å². The summed E-state index contributed by atoms with van der Waals surface area (Å²) in [6.45, 7) is 0.710. The van der Waals surface area contributed by atoms with Crippen molar-refractivity contribution in [1.82, 2.24) is 19.9 Å². The van der Waals surface area contributed by atoms with E-state index < -0.39 is 0 Å². The summed E-state index contributed by atoms with van der Waals surface area (Å²) in [5.41, 5.74) is 5.49. The standard InChI is InChI=1S/C22H24ClN7O/c1-28(2)13-16-12-24-27-30(16)15-7-5-6-14(8-15)18-11-22(31)26-19-9-17(23)21(29(3)4)10-20(19)25-18/h5-10,12H,11,13H2,1-4H3,(H,26,31). The van der Waals surface area contributed by atoms with Crippen molar-refractivity contribution in [2.24, 2.45) is 4.99 Å². The predicted octanol–water partition coefficient (Wildman–Crippen LogP) is 3.51. The molecule has 2 heterocycles. The number of amides is 1. The molecule has 0 spiro atoms. The topological polar surface area (TPSA) is 78.7 Å². The van der Waals surface area contributed by atoms with Crippen LogP contribution in [0.25, 0.3) is 5.69 Å². The highest BCUT2D eigenvalue weighted by Crippen LogP contribution is 2.38. The summed E-state index contributed by atoms with van der Waals surface area (Å²) in [7, 11) is 7.83. The number of aromatic nitrogens is 3. The van der Waals surface area contributed by atoms with Crippen molar-refractivity contribution in [3.05, 3.63) is 58.9 Å². The van der Waals surface area contributed by atoms with Gasteiger partial charge in [-0.1, -0.05) is 28.9 Å². The Bertz CT molecular complexity index is 1170. The summed E-state index contributed by atoms with van der Waals surface area (Å²) in [5, 5.41) is 11.8. The summed E-state index contributed by atoms with van der Waals surface area (Å²) < 4.78 is 1.80. The molecule has 0 saturated carbocycles.